The quantitative estimate of drug-likeness (QED) is 0.382. The van der Waals surface area contributed by atoms with Gasteiger partial charge in [0.25, 0.3) is 11.8 Å². The Kier molecular flexibility index (Phi) is 7.15. The molecule has 2 atom stereocenters. The van der Waals surface area contributed by atoms with Crippen molar-refractivity contribution in [2.24, 2.45) is 5.92 Å². The Morgan fingerprint density at radius 2 is 1.82 bits per heavy atom. The molecule has 3 aromatic rings. The molecule has 7 nitrogen and oxygen atoms in total. The van der Waals surface area contributed by atoms with Gasteiger partial charge in [-0.05, 0) is 66.8 Å². The van der Waals surface area contributed by atoms with Gasteiger partial charge in [-0.1, -0.05) is 47.5 Å². The van der Waals surface area contributed by atoms with Crippen LogP contribution >= 0.6 is 23.2 Å². The van der Waals surface area contributed by atoms with Crippen LogP contribution in [0.1, 0.15) is 45.0 Å². The maximum Gasteiger partial charge on any atom is 0.331 e. The molecule has 2 aliphatic rings. The highest BCUT2D eigenvalue weighted by molar-refractivity contribution is 6.36. The summed E-state index contributed by atoms with van der Waals surface area (Å²) in [4.78, 5) is 39.8. The van der Waals surface area contributed by atoms with Crippen LogP contribution in [0.4, 0.5) is 11.4 Å². The molecule has 1 aliphatic heterocycles. The van der Waals surface area contributed by atoms with Crippen LogP contribution in [0.25, 0.3) is 0 Å². The van der Waals surface area contributed by atoms with Gasteiger partial charge in [0, 0.05) is 29.3 Å². The number of para-hydroxylation sites is 1. The van der Waals surface area contributed by atoms with Gasteiger partial charge in [0.1, 0.15) is 5.75 Å². The van der Waals surface area contributed by atoms with Crippen molar-refractivity contribution >= 4 is 52.4 Å². The maximum absolute atomic E-state index is 13.7. The number of fused-ring (bicyclic) bond motifs is 3. The molecule has 2 N–H and O–H groups in total. The number of aliphatic carboxylic acids is 1. The Bertz CT molecular complexity index is 1490. The van der Waals surface area contributed by atoms with E-state index in [0.29, 0.717) is 42.0 Å². The Labute approximate surface area is 229 Å². The van der Waals surface area contributed by atoms with Crippen molar-refractivity contribution in [1.82, 2.24) is 0 Å². The zero-order valence-electron chi connectivity index (χ0n) is 20.4. The summed E-state index contributed by atoms with van der Waals surface area (Å²) in [6, 6.07) is 17.1. The first kappa shape index (κ1) is 25.8. The van der Waals surface area contributed by atoms with Crippen molar-refractivity contribution in [2.45, 2.75) is 18.8 Å². The highest BCUT2D eigenvalue weighted by Crippen LogP contribution is 2.46. The summed E-state index contributed by atoms with van der Waals surface area (Å²) in [6.07, 6.45) is 2.97. The largest absolute Gasteiger partial charge is 0.497 e. The van der Waals surface area contributed by atoms with E-state index in [1.807, 2.05) is 30.3 Å². The lowest BCUT2D eigenvalue weighted by atomic mass is 9.87. The molecule has 2 amide bonds. The van der Waals surface area contributed by atoms with Crippen molar-refractivity contribution in [2.75, 3.05) is 23.9 Å². The Balaban J connectivity index is 1.40. The number of anilines is 2. The Hall–Kier alpha value is -3.81. The van der Waals surface area contributed by atoms with Crippen LogP contribution in [0.15, 0.2) is 72.3 Å². The molecule has 0 radical (unpaired) electrons. The summed E-state index contributed by atoms with van der Waals surface area (Å²) >= 11 is 12.7. The third-order valence-corrected chi connectivity index (χ3v) is 7.73. The van der Waals surface area contributed by atoms with E-state index in [0.717, 1.165) is 11.3 Å². The van der Waals surface area contributed by atoms with Crippen LogP contribution in [0.5, 0.6) is 5.75 Å². The number of hydrogen-bond donors (Lipinski definition) is 2. The summed E-state index contributed by atoms with van der Waals surface area (Å²) in [5, 5.41) is 12.7. The van der Waals surface area contributed by atoms with E-state index in [1.54, 1.807) is 29.2 Å². The molecular formula is C29H24Cl2N2O5. The van der Waals surface area contributed by atoms with Crippen LogP contribution in [-0.4, -0.2) is 36.5 Å². The number of carboxylic acid groups (broad SMARTS) is 1. The minimum Gasteiger partial charge on any atom is -0.497 e. The number of hydrogen-bond acceptors (Lipinski definition) is 4. The molecule has 38 heavy (non-hydrogen) atoms. The molecule has 0 spiro atoms. The van der Waals surface area contributed by atoms with Crippen molar-refractivity contribution in [3.8, 4) is 5.75 Å². The summed E-state index contributed by atoms with van der Waals surface area (Å²) in [7, 11) is 1.50. The van der Waals surface area contributed by atoms with E-state index in [1.165, 1.54) is 19.2 Å². The maximum atomic E-state index is 13.7. The molecule has 0 saturated carbocycles. The van der Waals surface area contributed by atoms with Crippen molar-refractivity contribution in [3.63, 3.8) is 0 Å². The highest BCUT2D eigenvalue weighted by atomic mass is 35.5. The number of nitrogens with zero attached hydrogens (tertiary/aromatic N) is 1. The monoisotopic (exact) mass is 550 g/mol. The molecule has 0 saturated heterocycles. The summed E-state index contributed by atoms with van der Waals surface area (Å²) < 4.78 is 5.17. The normalized spacial score (nSPS) is 18.1. The molecule has 5 rings (SSSR count). The zero-order chi connectivity index (χ0) is 27.0. The number of ether oxygens (including phenoxy) is 1. The van der Waals surface area contributed by atoms with Gasteiger partial charge in [0.2, 0.25) is 0 Å². The second kappa shape index (κ2) is 10.5. The number of carboxylic acids is 1. The number of halogens is 2. The van der Waals surface area contributed by atoms with Crippen LogP contribution in [0.2, 0.25) is 10.0 Å². The van der Waals surface area contributed by atoms with Gasteiger partial charge in [-0.25, -0.2) is 4.79 Å². The van der Waals surface area contributed by atoms with Gasteiger partial charge in [0.15, 0.2) is 0 Å². The molecule has 1 heterocycles. The van der Waals surface area contributed by atoms with Gasteiger partial charge < -0.3 is 20.1 Å². The van der Waals surface area contributed by atoms with Crippen molar-refractivity contribution in [3.05, 3.63) is 99.0 Å². The average molecular weight is 551 g/mol. The molecule has 0 bridgehead atoms. The predicted octanol–water partition coefficient (Wildman–Crippen LogP) is 6.42. The minimum atomic E-state index is -0.890. The number of methoxy groups -OCH3 is 1. The van der Waals surface area contributed by atoms with E-state index < -0.39 is 11.9 Å². The standard InChI is InChI=1S/C29H24Cl2N2O5/c1-38-19-7-8-23(30)22(15-19)27(34)32-25-9-6-17(14-24(25)31)28(35)33-11-10-16-12-18(29(36)37)13-21(16)20-4-2-3-5-26(20)33/h2-9,13-16,21H,10-12H2,1H3,(H,32,34)(H,36,37)/t16?,21-/m0/s1. The van der Waals surface area contributed by atoms with Crippen molar-refractivity contribution < 1.29 is 24.2 Å². The fraction of sp³-hybridized carbons (Fsp3) is 0.207. The van der Waals surface area contributed by atoms with E-state index >= 15 is 0 Å². The first-order chi connectivity index (χ1) is 18.3. The number of rotatable bonds is 5. The van der Waals surface area contributed by atoms with E-state index in [9.17, 15) is 19.5 Å². The van der Waals surface area contributed by atoms with Gasteiger partial charge in [-0.3, -0.25) is 9.59 Å². The number of allylic oxidation sites excluding steroid dienone is 1. The highest BCUT2D eigenvalue weighted by Gasteiger charge is 2.37. The molecule has 9 heteroatoms. The molecule has 194 valence electrons. The third kappa shape index (κ3) is 4.87. The molecule has 3 aromatic carbocycles. The molecular weight excluding hydrogens is 527 g/mol. The number of benzene rings is 3. The zero-order valence-corrected chi connectivity index (χ0v) is 21.9. The number of carbonyl (C=O) groups is 3. The topological polar surface area (TPSA) is 95.9 Å². The smallest absolute Gasteiger partial charge is 0.331 e. The lowest BCUT2D eigenvalue weighted by Gasteiger charge is -2.24. The van der Waals surface area contributed by atoms with Crippen LogP contribution < -0.4 is 15.0 Å². The van der Waals surface area contributed by atoms with Crippen LogP contribution in [0.3, 0.4) is 0 Å². The van der Waals surface area contributed by atoms with Crippen molar-refractivity contribution in [1.29, 1.82) is 0 Å². The molecule has 0 aromatic heterocycles. The molecule has 0 fully saturated rings. The van der Waals surface area contributed by atoms with Gasteiger partial charge >= 0.3 is 5.97 Å². The third-order valence-electron chi connectivity index (χ3n) is 7.08. The fourth-order valence-electron chi connectivity index (χ4n) is 5.16. The van der Waals surface area contributed by atoms with Gasteiger partial charge in [0.05, 0.1) is 28.4 Å². The summed E-state index contributed by atoms with van der Waals surface area (Å²) in [5.41, 5.74) is 3.06. The summed E-state index contributed by atoms with van der Waals surface area (Å²) in [5.74, 6) is -1.03. The Morgan fingerprint density at radius 1 is 1.03 bits per heavy atom. The lowest BCUT2D eigenvalue weighted by molar-refractivity contribution is -0.132. The number of amides is 2. The van der Waals surface area contributed by atoms with E-state index in [4.69, 9.17) is 27.9 Å². The molecule has 1 unspecified atom stereocenters. The number of nitrogens with one attached hydrogen (secondary N) is 1. The summed E-state index contributed by atoms with van der Waals surface area (Å²) in [6.45, 7) is 0.447. The second-order valence-corrected chi connectivity index (χ2v) is 10.1. The second-order valence-electron chi connectivity index (χ2n) is 9.29. The first-order valence-corrected chi connectivity index (χ1v) is 12.8. The lowest BCUT2D eigenvalue weighted by Crippen LogP contribution is -2.32. The first-order valence-electron chi connectivity index (χ1n) is 12.1. The number of carbonyl (C=O) groups excluding carboxylic acids is 2. The SMILES string of the molecule is COc1ccc(Cl)c(C(=O)Nc2ccc(C(=O)N3CCC4CC(C(=O)O)=C[C@@H]4c4ccccc43)cc2Cl)c1. The van der Waals surface area contributed by atoms with Gasteiger partial charge in [-0.2, -0.15) is 0 Å². The molecule has 1 aliphatic carbocycles. The minimum absolute atomic E-state index is 0.0558. The van der Waals surface area contributed by atoms with Gasteiger partial charge in [-0.15, -0.1) is 0 Å². The predicted molar refractivity (Wildman–Crippen MR) is 147 cm³/mol. The average Bonchev–Trinajstić information content (AvgIpc) is 3.28. The fourth-order valence-corrected chi connectivity index (χ4v) is 5.59. The van der Waals surface area contributed by atoms with E-state index in [2.05, 4.69) is 5.32 Å². The van der Waals surface area contributed by atoms with Crippen LogP contribution in [-0.2, 0) is 4.79 Å². The van der Waals surface area contributed by atoms with Crippen LogP contribution in [0, 0.1) is 5.92 Å². The van der Waals surface area contributed by atoms with E-state index in [-0.39, 0.29) is 33.4 Å². The Morgan fingerprint density at radius 3 is 2.55 bits per heavy atom.